The van der Waals surface area contributed by atoms with Gasteiger partial charge in [-0.3, -0.25) is 4.79 Å². The molecule has 5 rings (SSSR count). The van der Waals surface area contributed by atoms with Crippen molar-refractivity contribution in [2.24, 2.45) is 10.2 Å². The number of carbonyl (C=O) groups is 1. The van der Waals surface area contributed by atoms with Gasteiger partial charge in [-0.1, -0.05) is 61.0 Å². The Morgan fingerprint density at radius 3 is 2.22 bits per heavy atom. The maximum atomic E-state index is 12.5. The lowest BCUT2D eigenvalue weighted by atomic mass is 9.96. The van der Waals surface area contributed by atoms with Crippen LogP contribution in [0.3, 0.4) is 0 Å². The summed E-state index contributed by atoms with van der Waals surface area (Å²) in [7, 11) is 0. The van der Waals surface area contributed by atoms with Crippen LogP contribution in [0.15, 0.2) is 89.1 Å². The second kappa shape index (κ2) is 8.11. The molecule has 2 aliphatic rings. The minimum atomic E-state index is -0.897. The second-order valence-electron chi connectivity index (χ2n) is 7.55. The topological polar surface area (TPSA) is 48.3 Å². The minimum absolute atomic E-state index is 0.0819. The molecule has 0 saturated carbocycles. The van der Waals surface area contributed by atoms with Gasteiger partial charge >= 0.3 is 0 Å². The fourth-order valence-electron chi connectivity index (χ4n) is 4.05. The molecule has 3 aromatic rings. The van der Waals surface area contributed by atoms with Gasteiger partial charge < -0.3 is 0 Å². The Balaban J connectivity index is 1.81. The quantitative estimate of drug-likeness (QED) is 0.462. The number of hydrazone groups is 2. The van der Waals surface area contributed by atoms with Crippen molar-refractivity contribution in [3.63, 3.8) is 0 Å². The van der Waals surface area contributed by atoms with Crippen molar-refractivity contribution in [3.05, 3.63) is 95.0 Å². The van der Waals surface area contributed by atoms with E-state index < -0.39 is 4.99 Å². The average Bonchev–Trinajstić information content (AvgIpc) is 3.22. The largest absolute Gasteiger partial charge is 0.292 e. The molecule has 0 N–H and O–H groups in total. The summed E-state index contributed by atoms with van der Waals surface area (Å²) in [6.45, 7) is 3.65. The third kappa shape index (κ3) is 3.22. The molecular formula is C25H21ClN4OS. The molecule has 3 aromatic carbocycles. The number of thioether (sulfide) groups is 1. The van der Waals surface area contributed by atoms with Gasteiger partial charge in [0.15, 0.2) is 10.8 Å². The highest BCUT2D eigenvalue weighted by Crippen LogP contribution is 2.54. The molecule has 0 amide bonds. The van der Waals surface area contributed by atoms with Crippen LogP contribution in [-0.4, -0.2) is 16.5 Å². The molecule has 0 fully saturated rings. The standard InChI is InChI=1S/C25H21ClN4OS/c1-3-23-21-11-7-8-12-22(21)25(29(27-23)19-9-5-4-6-10-19)30(28-24(32-25)17(2)31)20-15-13-18(26)14-16-20/h4-16H,3H2,1-2H3/t25-/m1/s1. The fraction of sp³-hybridized carbons (Fsp3) is 0.160. The van der Waals surface area contributed by atoms with Gasteiger partial charge in [0.1, 0.15) is 0 Å². The number of hydrogen-bond donors (Lipinski definition) is 0. The van der Waals surface area contributed by atoms with Crippen molar-refractivity contribution in [2.75, 3.05) is 10.0 Å². The Morgan fingerprint density at radius 1 is 0.906 bits per heavy atom. The number of hydrogen-bond acceptors (Lipinski definition) is 6. The Hall–Kier alpha value is -3.09. The summed E-state index contributed by atoms with van der Waals surface area (Å²) in [4.78, 5) is 11.6. The van der Waals surface area contributed by atoms with Crippen molar-refractivity contribution in [2.45, 2.75) is 25.3 Å². The van der Waals surface area contributed by atoms with Crippen LogP contribution in [-0.2, 0) is 9.79 Å². The van der Waals surface area contributed by atoms with Gasteiger partial charge in [0.2, 0.25) is 4.99 Å². The molecule has 1 atom stereocenters. The van der Waals surface area contributed by atoms with Gasteiger partial charge in [0.05, 0.1) is 17.1 Å². The number of halogens is 1. The van der Waals surface area contributed by atoms with E-state index in [4.69, 9.17) is 21.8 Å². The van der Waals surface area contributed by atoms with Gasteiger partial charge in [-0.25, -0.2) is 10.0 Å². The zero-order chi connectivity index (χ0) is 22.3. The van der Waals surface area contributed by atoms with E-state index >= 15 is 0 Å². The Kier molecular flexibility index (Phi) is 5.27. The van der Waals surface area contributed by atoms with Crippen LogP contribution < -0.4 is 10.0 Å². The summed E-state index contributed by atoms with van der Waals surface area (Å²) in [5.74, 6) is -0.0819. The Labute approximate surface area is 196 Å². The van der Waals surface area contributed by atoms with E-state index in [1.165, 1.54) is 11.8 Å². The predicted octanol–water partition coefficient (Wildman–Crippen LogP) is 6.24. The second-order valence-corrected chi connectivity index (χ2v) is 9.15. The fourth-order valence-corrected chi connectivity index (χ4v) is 5.47. The summed E-state index contributed by atoms with van der Waals surface area (Å²) in [5.41, 5.74) is 4.83. The molecule has 0 aromatic heterocycles. The molecule has 0 saturated heterocycles. The van der Waals surface area contributed by atoms with Crippen LogP contribution in [0.2, 0.25) is 5.02 Å². The molecule has 7 heteroatoms. The SMILES string of the molecule is CCC1=NN(c2ccccc2)[C@]2(SC(C(C)=O)=NN2c2ccc(Cl)cc2)c2ccccc21. The minimum Gasteiger partial charge on any atom is -0.292 e. The van der Waals surface area contributed by atoms with Crippen LogP contribution in [0.1, 0.15) is 31.4 Å². The number of Topliss-reactive ketones (excluding diaryl/α,β-unsaturated/α-hetero) is 1. The van der Waals surface area contributed by atoms with Crippen molar-refractivity contribution >= 4 is 51.3 Å². The van der Waals surface area contributed by atoms with Crippen molar-refractivity contribution in [3.8, 4) is 0 Å². The molecule has 2 heterocycles. The zero-order valence-corrected chi connectivity index (χ0v) is 19.3. The normalized spacial score (nSPS) is 19.6. The van der Waals surface area contributed by atoms with Gasteiger partial charge in [-0.05, 0) is 54.6 Å². The van der Waals surface area contributed by atoms with E-state index in [9.17, 15) is 4.79 Å². The number of anilines is 2. The highest BCUT2D eigenvalue weighted by Gasteiger charge is 2.55. The van der Waals surface area contributed by atoms with Crippen LogP contribution in [0, 0.1) is 0 Å². The Bertz CT molecular complexity index is 1240. The molecule has 160 valence electrons. The first-order valence-electron chi connectivity index (χ1n) is 10.4. The third-order valence-corrected chi connectivity index (χ3v) is 7.19. The van der Waals surface area contributed by atoms with Gasteiger partial charge in [0, 0.05) is 23.1 Å². The number of nitrogens with zero attached hydrogens (tertiary/aromatic N) is 4. The predicted molar refractivity (Wildman–Crippen MR) is 134 cm³/mol. The van der Waals surface area contributed by atoms with Crippen molar-refractivity contribution in [1.82, 2.24) is 0 Å². The number of benzene rings is 3. The van der Waals surface area contributed by atoms with E-state index in [1.54, 1.807) is 6.92 Å². The summed E-state index contributed by atoms with van der Waals surface area (Å²) in [6, 6.07) is 25.8. The van der Waals surface area contributed by atoms with Crippen LogP contribution in [0.5, 0.6) is 0 Å². The first kappa shape index (κ1) is 20.8. The number of rotatable bonds is 4. The van der Waals surface area contributed by atoms with Gasteiger partial charge in [-0.15, -0.1) is 0 Å². The highest BCUT2D eigenvalue weighted by molar-refractivity contribution is 8.17. The first-order valence-corrected chi connectivity index (χ1v) is 11.6. The molecular weight excluding hydrogens is 440 g/mol. The first-order chi connectivity index (χ1) is 15.5. The summed E-state index contributed by atoms with van der Waals surface area (Å²) >= 11 is 7.59. The van der Waals surface area contributed by atoms with Crippen molar-refractivity contribution in [1.29, 1.82) is 0 Å². The summed E-state index contributed by atoms with van der Waals surface area (Å²) in [6.07, 6.45) is 0.780. The number of para-hydroxylation sites is 1. The summed E-state index contributed by atoms with van der Waals surface area (Å²) in [5, 5.41) is 14.9. The van der Waals surface area contributed by atoms with Crippen LogP contribution in [0.25, 0.3) is 0 Å². The molecule has 0 radical (unpaired) electrons. The maximum Gasteiger partial charge on any atom is 0.234 e. The van der Waals surface area contributed by atoms with E-state index in [-0.39, 0.29) is 5.78 Å². The molecule has 0 aliphatic carbocycles. The molecule has 5 nitrogen and oxygen atoms in total. The summed E-state index contributed by atoms with van der Waals surface area (Å²) < 4.78 is 0. The lowest BCUT2D eigenvalue weighted by Gasteiger charge is -2.47. The average molecular weight is 461 g/mol. The van der Waals surface area contributed by atoms with Crippen LogP contribution >= 0.6 is 23.4 Å². The number of fused-ring (bicyclic) bond motifs is 2. The highest BCUT2D eigenvalue weighted by atomic mass is 35.5. The molecule has 1 spiro atoms. The number of carbonyl (C=O) groups excluding carboxylic acids is 1. The van der Waals surface area contributed by atoms with Crippen molar-refractivity contribution < 1.29 is 4.79 Å². The molecule has 0 bridgehead atoms. The lowest BCUT2D eigenvalue weighted by Crippen LogP contribution is -2.53. The smallest absolute Gasteiger partial charge is 0.234 e. The molecule has 0 unspecified atom stereocenters. The monoisotopic (exact) mass is 460 g/mol. The van der Waals surface area contributed by atoms with E-state index in [0.717, 1.165) is 34.6 Å². The van der Waals surface area contributed by atoms with E-state index in [0.29, 0.717) is 10.1 Å². The molecule has 32 heavy (non-hydrogen) atoms. The van der Waals surface area contributed by atoms with E-state index in [1.807, 2.05) is 76.7 Å². The lowest BCUT2D eigenvalue weighted by molar-refractivity contribution is -0.110. The zero-order valence-electron chi connectivity index (χ0n) is 17.7. The van der Waals surface area contributed by atoms with Gasteiger partial charge in [-0.2, -0.15) is 10.2 Å². The Morgan fingerprint density at radius 2 is 1.53 bits per heavy atom. The third-order valence-electron chi connectivity index (χ3n) is 5.52. The van der Waals surface area contributed by atoms with Gasteiger partial charge in [0.25, 0.3) is 0 Å². The number of ketones is 1. The van der Waals surface area contributed by atoms with Crippen LogP contribution in [0.4, 0.5) is 11.4 Å². The molecule has 2 aliphatic heterocycles. The maximum absolute atomic E-state index is 12.5. The van der Waals surface area contributed by atoms with E-state index in [2.05, 4.69) is 19.1 Å².